The van der Waals surface area contributed by atoms with Gasteiger partial charge in [0.05, 0.1) is 10.6 Å². The molecule has 0 aliphatic heterocycles. The van der Waals surface area contributed by atoms with E-state index in [1.54, 1.807) is 11.3 Å². The minimum Gasteiger partial charge on any atom is -0.479 e. The van der Waals surface area contributed by atoms with Crippen molar-refractivity contribution in [3.63, 3.8) is 0 Å². The first-order chi connectivity index (χ1) is 7.27. The van der Waals surface area contributed by atoms with Crippen molar-refractivity contribution in [1.29, 1.82) is 0 Å². The molecule has 5 heteroatoms. The first-order valence-electron chi connectivity index (χ1n) is 4.73. The Hall–Kier alpha value is -1.36. The van der Waals surface area contributed by atoms with Gasteiger partial charge in [-0.05, 0) is 24.3 Å². The van der Waals surface area contributed by atoms with Gasteiger partial charge in [-0.25, -0.2) is 4.79 Å². The molecule has 0 aromatic carbocycles. The number of carbonyl (C=O) groups is 1. The molecule has 1 N–H and O–H groups in total. The molecule has 1 aliphatic carbocycles. The van der Waals surface area contributed by atoms with Gasteiger partial charge in [-0.15, -0.1) is 11.3 Å². The van der Waals surface area contributed by atoms with Crippen molar-refractivity contribution < 1.29 is 14.7 Å². The van der Waals surface area contributed by atoms with E-state index < -0.39 is 5.97 Å². The third-order valence-electron chi connectivity index (χ3n) is 2.09. The van der Waals surface area contributed by atoms with E-state index in [1.165, 1.54) is 0 Å². The molecule has 2 rings (SSSR count). The molecule has 15 heavy (non-hydrogen) atoms. The van der Waals surface area contributed by atoms with Crippen LogP contribution in [-0.4, -0.2) is 23.4 Å². The highest BCUT2D eigenvalue weighted by molar-refractivity contribution is 7.12. The number of thiophene rings is 1. The molecule has 0 saturated heterocycles. The molecule has 1 aromatic heterocycles. The Bertz CT molecular complexity index is 368. The minimum atomic E-state index is -1.000. The summed E-state index contributed by atoms with van der Waals surface area (Å²) >= 11 is 1.60. The SMILES string of the molecule is O=C(O)CON=C(c1cccs1)C1CC1. The van der Waals surface area contributed by atoms with Gasteiger partial charge >= 0.3 is 5.97 Å². The molecule has 1 aromatic rings. The predicted molar refractivity (Wildman–Crippen MR) is 57.2 cm³/mol. The molecule has 0 atom stereocenters. The smallest absolute Gasteiger partial charge is 0.344 e. The molecule has 0 radical (unpaired) electrons. The van der Waals surface area contributed by atoms with E-state index in [1.807, 2.05) is 17.5 Å². The largest absolute Gasteiger partial charge is 0.479 e. The highest BCUT2D eigenvalue weighted by atomic mass is 32.1. The molecule has 1 aliphatic rings. The zero-order valence-corrected chi connectivity index (χ0v) is 8.87. The van der Waals surface area contributed by atoms with Crippen LogP contribution in [-0.2, 0) is 9.63 Å². The van der Waals surface area contributed by atoms with Gasteiger partial charge in [0, 0.05) is 5.92 Å². The Morgan fingerprint density at radius 2 is 2.47 bits per heavy atom. The molecule has 0 unspecified atom stereocenters. The Labute approximate surface area is 91.2 Å². The van der Waals surface area contributed by atoms with Crippen LogP contribution in [0.5, 0.6) is 0 Å². The number of hydrogen-bond acceptors (Lipinski definition) is 4. The fourth-order valence-electron chi connectivity index (χ4n) is 1.26. The van der Waals surface area contributed by atoms with Gasteiger partial charge < -0.3 is 9.94 Å². The van der Waals surface area contributed by atoms with Crippen LogP contribution in [0, 0.1) is 5.92 Å². The summed E-state index contributed by atoms with van der Waals surface area (Å²) in [6.07, 6.45) is 2.24. The summed E-state index contributed by atoms with van der Waals surface area (Å²) in [6, 6.07) is 3.93. The molecule has 0 amide bonds. The molecular formula is C10H11NO3S. The average molecular weight is 225 g/mol. The Balaban J connectivity index is 2.03. The maximum absolute atomic E-state index is 10.3. The summed E-state index contributed by atoms with van der Waals surface area (Å²) in [7, 11) is 0. The fourth-order valence-corrected chi connectivity index (χ4v) is 2.04. The van der Waals surface area contributed by atoms with Crippen molar-refractivity contribution in [3.05, 3.63) is 22.4 Å². The minimum absolute atomic E-state index is 0.373. The van der Waals surface area contributed by atoms with E-state index in [0.717, 1.165) is 23.4 Å². The van der Waals surface area contributed by atoms with E-state index in [0.29, 0.717) is 5.92 Å². The third kappa shape index (κ3) is 2.79. The number of oxime groups is 1. The zero-order chi connectivity index (χ0) is 10.7. The summed E-state index contributed by atoms with van der Waals surface area (Å²) in [6.45, 7) is -0.373. The number of carboxylic acid groups (broad SMARTS) is 1. The van der Waals surface area contributed by atoms with Crippen LogP contribution in [0.25, 0.3) is 0 Å². The summed E-state index contributed by atoms with van der Waals surface area (Å²) < 4.78 is 0. The first-order valence-corrected chi connectivity index (χ1v) is 5.61. The number of carboxylic acids is 1. The molecule has 1 saturated carbocycles. The van der Waals surface area contributed by atoms with Gasteiger partial charge in [0.1, 0.15) is 0 Å². The van der Waals surface area contributed by atoms with Crippen molar-refractivity contribution in [3.8, 4) is 0 Å². The number of rotatable bonds is 5. The Morgan fingerprint density at radius 1 is 1.67 bits per heavy atom. The lowest BCUT2D eigenvalue weighted by Crippen LogP contribution is -2.07. The summed E-state index contributed by atoms with van der Waals surface area (Å²) in [4.78, 5) is 16.1. The van der Waals surface area contributed by atoms with E-state index in [9.17, 15) is 4.79 Å². The average Bonchev–Trinajstić information content (AvgIpc) is 2.88. The number of aliphatic carboxylic acids is 1. The lowest BCUT2D eigenvalue weighted by atomic mass is 10.2. The Kier molecular flexibility index (Phi) is 3.01. The second kappa shape index (κ2) is 4.44. The van der Waals surface area contributed by atoms with Crippen LogP contribution in [0.3, 0.4) is 0 Å². The highest BCUT2D eigenvalue weighted by Crippen LogP contribution is 2.34. The first kappa shape index (κ1) is 10.2. The molecule has 0 spiro atoms. The monoisotopic (exact) mass is 225 g/mol. The topological polar surface area (TPSA) is 58.9 Å². The van der Waals surface area contributed by atoms with E-state index in [-0.39, 0.29) is 6.61 Å². The molecular weight excluding hydrogens is 214 g/mol. The second-order valence-corrected chi connectivity index (χ2v) is 4.34. The standard InChI is InChI=1S/C10H11NO3S/c12-9(13)6-14-11-10(7-3-4-7)8-2-1-5-15-8/h1-2,5,7H,3-4,6H2,(H,12,13). The van der Waals surface area contributed by atoms with E-state index >= 15 is 0 Å². The van der Waals surface area contributed by atoms with Crippen molar-refractivity contribution in [2.24, 2.45) is 11.1 Å². The van der Waals surface area contributed by atoms with Gasteiger partial charge in [0.2, 0.25) is 6.61 Å². The quantitative estimate of drug-likeness (QED) is 0.615. The molecule has 1 heterocycles. The van der Waals surface area contributed by atoms with Crippen LogP contribution in [0.1, 0.15) is 17.7 Å². The maximum Gasteiger partial charge on any atom is 0.344 e. The third-order valence-corrected chi connectivity index (χ3v) is 2.98. The van der Waals surface area contributed by atoms with E-state index in [4.69, 9.17) is 9.94 Å². The van der Waals surface area contributed by atoms with Crippen LogP contribution in [0.2, 0.25) is 0 Å². The molecule has 4 nitrogen and oxygen atoms in total. The predicted octanol–water partition coefficient (Wildman–Crippen LogP) is 1.96. The van der Waals surface area contributed by atoms with Crippen LogP contribution < -0.4 is 0 Å². The molecule has 80 valence electrons. The lowest BCUT2D eigenvalue weighted by molar-refractivity contribution is -0.142. The van der Waals surface area contributed by atoms with Crippen molar-refractivity contribution >= 4 is 23.0 Å². The fraction of sp³-hybridized carbons (Fsp3) is 0.400. The van der Waals surface area contributed by atoms with Crippen molar-refractivity contribution in [1.82, 2.24) is 0 Å². The number of nitrogens with zero attached hydrogens (tertiary/aromatic N) is 1. The zero-order valence-electron chi connectivity index (χ0n) is 8.05. The van der Waals surface area contributed by atoms with Gasteiger partial charge in [0.15, 0.2) is 0 Å². The molecule has 1 fully saturated rings. The normalized spacial score (nSPS) is 16.4. The summed E-state index contributed by atoms with van der Waals surface area (Å²) in [5.74, 6) is -0.544. The second-order valence-electron chi connectivity index (χ2n) is 3.40. The Morgan fingerprint density at radius 3 is 3.00 bits per heavy atom. The van der Waals surface area contributed by atoms with Crippen molar-refractivity contribution in [2.45, 2.75) is 12.8 Å². The van der Waals surface area contributed by atoms with Gasteiger partial charge in [-0.3, -0.25) is 0 Å². The lowest BCUT2D eigenvalue weighted by Gasteiger charge is -2.01. The van der Waals surface area contributed by atoms with Crippen LogP contribution in [0.15, 0.2) is 22.7 Å². The number of hydrogen-bond donors (Lipinski definition) is 1. The van der Waals surface area contributed by atoms with Crippen LogP contribution >= 0.6 is 11.3 Å². The van der Waals surface area contributed by atoms with E-state index in [2.05, 4.69) is 5.16 Å². The van der Waals surface area contributed by atoms with Gasteiger partial charge in [-0.2, -0.15) is 0 Å². The van der Waals surface area contributed by atoms with Gasteiger partial charge in [0.25, 0.3) is 0 Å². The summed E-state index contributed by atoms with van der Waals surface area (Å²) in [5, 5.41) is 14.3. The van der Waals surface area contributed by atoms with Crippen molar-refractivity contribution in [2.75, 3.05) is 6.61 Å². The summed E-state index contributed by atoms with van der Waals surface area (Å²) in [5.41, 5.74) is 0.895. The maximum atomic E-state index is 10.3. The highest BCUT2D eigenvalue weighted by Gasteiger charge is 2.29. The molecule has 0 bridgehead atoms. The van der Waals surface area contributed by atoms with Crippen LogP contribution in [0.4, 0.5) is 0 Å². The van der Waals surface area contributed by atoms with Gasteiger partial charge in [-0.1, -0.05) is 11.2 Å².